The molecular weight excluding hydrogens is 608 g/mol. The molecule has 4 bridgehead atoms. The molecule has 0 aromatic rings. The Hall–Kier alpha value is -3.40. The van der Waals surface area contributed by atoms with Crippen LogP contribution >= 0.6 is 23.5 Å². The Kier molecular flexibility index (Phi) is 9.12. The van der Waals surface area contributed by atoms with Crippen molar-refractivity contribution in [2.75, 3.05) is 11.5 Å². The summed E-state index contributed by atoms with van der Waals surface area (Å²) >= 11 is 1.93. The molecular formula is C28H36N8O6S2. The van der Waals surface area contributed by atoms with Crippen LogP contribution in [-0.2, 0) is 28.8 Å². The lowest BCUT2D eigenvalue weighted by atomic mass is 9.80. The van der Waals surface area contributed by atoms with Gasteiger partial charge < -0.3 is 0 Å². The number of aliphatic imine (C=N–C) groups is 2. The largest absolute Gasteiger partial charge is 0.278 e. The minimum absolute atomic E-state index is 0.149. The molecule has 5 aliphatic rings. The average Bonchev–Trinajstić information content (AvgIpc) is 3.42. The van der Waals surface area contributed by atoms with Crippen molar-refractivity contribution in [3.8, 4) is 0 Å². The van der Waals surface area contributed by atoms with Gasteiger partial charge in [-0.05, 0) is 25.7 Å². The number of amidine groups is 4. The van der Waals surface area contributed by atoms with Gasteiger partial charge >= 0.3 is 0 Å². The Morgan fingerprint density at radius 2 is 0.909 bits per heavy atom. The van der Waals surface area contributed by atoms with Crippen molar-refractivity contribution in [1.82, 2.24) is 19.8 Å². The fourth-order valence-electron chi connectivity index (χ4n) is 6.69. The monoisotopic (exact) mass is 644 g/mol. The molecule has 3 heterocycles. The van der Waals surface area contributed by atoms with E-state index in [0.717, 1.165) is 72.1 Å². The predicted octanol–water partition coefficient (Wildman–Crippen LogP) is 2.69. The van der Waals surface area contributed by atoms with Gasteiger partial charge in [-0.25, -0.2) is 9.98 Å². The lowest BCUT2D eigenvalue weighted by Gasteiger charge is -2.41. The summed E-state index contributed by atoms with van der Waals surface area (Å²) in [6.07, 6.45) is 7.05. The molecule has 0 N–H and O–H groups in total. The summed E-state index contributed by atoms with van der Waals surface area (Å²) < 4.78 is 0. The number of fused-ring (bicyclic) bond motifs is 4. The highest BCUT2D eigenvalue weighted by molar-refractivity contribution is 8.14. The fourth-order valence-corrected chi connectivity index (χ4v) is 8.60. The normalized spacial score (nSPS) is 26.2. The van der Waals surface area contributed by atoms with Crippen LogP contribution < -0.4 is 0 Å². The second kappa shape index (κ2) is 12.5. The number of imide groups is 2. The number of rotatable bonds is 0. The number of thioether (sulfide) groups is 2. The standard InChI is InChI=1S/C28H36N8O6S2/c1-17(37)33-25-29-23(27(33)11-7-5-8-12-27)31-35(19(3)39)22(42)16-44-26-30-24(32-36(20(4)40)21(41)15-43-25)28(34(26)18(2)38)13-9-6-10-14-28/h5-16H2,1-4H3/b31-23-,32-24+. The number of hydrogen-bond donors (Lipinski definition) is 0. The van der Waals surface area contributed by atoms with Crippen molar-refractivity contribution in [2.24, 2.45) is 20.2 Å². The van der Waals surface area contributed by atoms with E-state index in [1.54, 1.807) is 0 Å². The molecule has 0 saturated heterocycles. The van der Waals surface area contributed by atoms with E-state index in [0.29, 0.717) is 25.7 Å². The molecule has 14 nitrogen and oxygen atoms in total. The Balaban J connectivity index is 1.64. The topological polar surface area (TPSA) is 165 Å². The molecule has 5 rings (SSSR count). The Morgan fingerprint density at radius 1 is 0.568 bits per heavy atom. The smallest absolute Gasteiger partial charge is 0.260 e. The van der Waals surface area contributed by atoms with Crippen LogP contribution in [0.3, 0.4) is 0 Å². The number of nitrogens with zero attached hydrogens (tertiary/aromatic N) is 8. The molecule has 0 aromatic heterocycles. The van der Waals surface area contributed by atoms with Crippen molar-refractivity contribution in [1.29, 1.82) is 0 Å². The minimum Gasteiger partial charge on any atom is -0.278 e. The first-order chi connectivity index (χ1) is 20.9. The molecule has 6 amide bonds. The van der Waals surface area contributed by atoms with E-state index in [1.165, 1.54) is 37.5 Å². The maximum Gasteiger partial charge on any atom is 0.260 e. The fraction of sp³-hybridized carbons (Fsp3) is 0.643. The van der Waals surface area contributed by atoms with Gasteiger partial charge in [-0.2, -0.15) is 10.0 Å². The van der Waals surface area contributed by atoms with Gasteiger partial charge in [-0.3, -0.25) is 38.6 Å². The highest BCUT2D eigenvalue weighted by Crippen LogP contribution is 2.43. The first kappa shape index (κ1) is 32.0. The highest BCUT2D eigenvalue weighted by Gasteiger charge is 2.53. The molecule has 2 spiro atoms. The summed E-state index contributed by atoms with van der Waals surface area (Å²) in [4.78, 5) is 91.2. The second-order valence-corrected chi connectivity index (χ2v) is 13.4. The number of carbonyl (C=O) groups is 6. The number of hydrogen-bond acceptors (Lipinski definition) is 12. The maximum atomic E-state index is 13.6. The van der Waals surface area contributed by atoms with Crippen molar-refractivity contribution in [2.45, 2.75) is 103 Å². The molecule has 236 valence electrons. The third-order valence-corrected chi connectivity index (χ3v) is 10.4. The third-order valence-electron chi connectivity index (χ3n) is 8.57. The molecule has 0 aromatic carbocycles. The van der Waals surface area contributed by atoms with Crippen LogP contribution in [0.15, 0.2) is 20.2 Å². The molecule has 2 saturated carbocycles. The van der Waals surface area contributed by atoms with E-state index in [-0.39, 0.29) is 45.3 Å². The van der Waals surface area contributed by atoms with Crippen LogP contribution in [0.1, 0.15) is 91.9 Å². The van der Waals surface area contributed by atoms with Crippen molar-refractivity contribution >= 4 is 81.0 Å². The zero-order valence-electron chi connectivity index (χ0n) is 25.3. The summed E-state index contributed by atoms with van der Waals surface area (Å²) in [7, 11) is 0. The zero-order chi connectivity index (χ0) is 31.8. The Labute approximate surface area is 263 Å². The molecule has 2 fully saturated rings. The summed E-state index contributed by atoms with van der Waals surface area (Å²) in [6.45, 7) is 5.25. The van der Waals surface area contributed by atoms with E-state index < -0.39 is 34.7 Å². The molecule has 16 heteroatoms. The van der Waals surface area contributed by atoms with E-state index in [9.17, 15) is 28.8 Å². The molecule has 0 unspecified atom stereocenters. The second-order valence-electron chi connectivity index (χ2n) is 11.6. The number of carbonyl (C=O) groups excluding carboxylic acids is 6. The number of amides is 6. The summed E-state index contributed by atoms with van der Waals surface area (Å²) in [6, 6.07) is 0. The Morgan fingerprint density at radius 3 is 1.20 bits per heavy atom. The van der Waals surface area contributed by atoms with Crippen LogP contribution in [0.4, 0.5) is 0 Å². The van der Waals surface area contributed by atoms with E-state index in [2.05, 4.69) is 20.2 Å². The van der Waals surface area contributed by atoms with Crippen molar-refractivity contribution < 1.29 is 28.8 Å². The van der Waals surface area contributed by atoms with Gasteiger partial charge in [-0.15, -0.1) is 10.2 Å². The summed E-state index contributed by atoms with van der Waals surface area (Å²) in [5.74, 6) is -3.45. The molecule has 0 atom stereocenters. The first-order valence-corrected chi connectivity index (χ1v) is 16.8. The van der Waals surface area contributed by atoms with E-state index in [1.807, 2.05) is 0 Å². The van der Waals surface area contributed by atoms with Crippen LogP contribution in [0.2, 0.25) is 0 Å². The lowest BCUT2D eigenvalue weighted by Crippen LogP contribution is -2.55. The van der Waals surface area contributed by atoms with Crippen molar-refractivity contribution in [3.05, 3.63) is 0 Å². The summed E-state index contributed by atoms with van der Waals surface area (Å²) in [5.41, 5.74) is -1.96. The van der Waals surface area contributed by atoms with Crippen LogP contribution in [-0.4, -0.2) is 99.9 Å². The Bertz CT molecular complexity index is 1320. The molecule has 44 heavy (non-hydrogen) atoms. The van der Waals surface area contributed by atoms with E-state index in [4.69, 9.17) is 0 Å². The quantitative estimate of drug-likeness (QED) is 0.388. The molecule has 2 aliphatic carbocycles. The predicted molar refractivity (Wildman–Crippen MR) is 166 cm³/mol. The van der Waals surface area contributed by atoms with Gasteiger partial charge in [0.25, 0.3) is 11.8 Å². The van der Waals surface area contributed by atoms with Crippen LogP contribution in [0, 0.1) is 0 Å². The van der Waals surface area contributed by atoms with Gasteiger partial charge in [0.2, 0.25) is 23.6 Å². The number of hydrazone groups is 2. The van der Waals surface area contributed by atoms with Gasteiger partial charge in [0.15, 0.2) is 22.0 Å². The van der Waals surface area contributed by atoms with E-state index >= 15 is 0 Å². The SMILES string of the molecule is CC(=O)N1/N=C2\N=C(SCC(=O)N(C(C)=O)/N=C3/N=C(SCC1=O)N(C(C)=O)C31CCCCC1)N(C(C)=O)C21CCCCC1. The highest BCUT2D eigenvalue weighted by atomic mass is 32.2. The van der Waals surface area contributed by atoms with Gasteiger partial charge in [0.05, 0.1) is 11.5 Å². The summed E-state index contributed by atoms with van der Waals surface area (Å²) in [5, 5.41) is 10.9. The van der Waals surface area contributed by atoms with Crippen molar-refractivity contribution in [3.63, 3.8) is 0 Å². The molecule has 0 radical (unpaired) electrons. The third kappa shape index (κ3) is 5.61. The maximum absolute atomic E-state index is 13.6. The molecule has 3 aliphatic heterocycles. The van der Waals surface area contributed by atoms with Gasteiger partial charge in [0, 0.05) is 27.7 Å². The zero-order valence-corrected chi connectivity index (χ0v) is 27.0. The lowest BCUT2D eigenvalue weighted by molar-refractivity contribution is -0.143. The average molecular weight is 645 g/mol. The van der Waals surface area contributed by atoms with Gasteiger partial charge in [0.1, 0.15) is 11.1 Å². The van der Waals surface area contributed by atoms with Crippen LogP contribution in [0.25, 0.3) is 0 Å². The minimum atomic E-state index is -0.979. The van der Waals surface area contributed by atoms with Gasteiger partial charge in [-0.1, -0.05) is 62.0 Å². The first-order valence-electron chi connectivity index (χ1n) is 14.8. The van der Waals surface area contributed by atoms with Crippen LogP contribution in [0.5, 0.6) is 0 Å².